The minimum absolute atomic E-state index is 0.0966. The molecule has 2 aliphatic heterocycles. The van der Waals surface area contributed by atoms with Gasteiger partial charge in [-0.3, -0.25) is 4.79 Å². The first-order chi connectivity index (χ1) is 7.83. The molecule has 0 aromatic heterocycles. The highest BCUT2D eigenvalue weighted by Gasteiger charge is 2.30. The molecule has 0 bridgehead atoms. The van der Waals surface area contributed by atoms with Crippen LogP contribution in [-0.4, -0.2) is 47.5 Å². The molecule has 1 N–H and O–H groups in total. The summed E-state index contributed by atoms with van der Waals surface area (Å²) in [4.78, 5) is 14.5. The molecular formula is C12H22N2OS. The largest absolute Gasteiger partial charge is 0.338 e. The highest BCUT2D eigenvalue weighted by atomic mass is 32.2. The fourth-order valence-corrected chi connectivity index (χ4v) is 3.85. The van der Waals surface area contributed by atoms with Gasteiger partial charge < -0.3 is 10.2 Å². The maximum absolute atomic E-state index is 12.4. The highest BCUT2D eigenvalue weighted by Crippen LogP contribution is 2.23. The second-order valence-electron chi connectivity index (χ2n) is 4.64. The Kier molecular flexibility index (Phi) is 4.53. The maximum atomic E-state index is 12.4. The number of amides is 1. The molecule has 4 heteroatoms. The molecule has 0 unspecified atom stereocenters. The van der Waals surface area contributed by atoms with Gasteiger partial charge in [0.1, 0.15) is 0 Å². The molecule has 0 saturated carbocycles. The number of hydrogen-bond donors (Lipinski definition) is 1. The van der Waals surface area contributed by atoms with Crippen LogP contribution in [-0.2, 0) is 4.79 Å². The Morgan fingerprint density at radius 2 is 2.31 bits per heavy atom. The van der Waals surface area contributed by atoms with E-state index in [4.69, 9.17) is 0 Å². The van der Waals surface area contributed by atoms with E-state index < -0.39 is 0 Å². The van der Waals surface area contributed by atoms with Crippen molar-refractivity contribution < 1.29 is 4.79 Å². The van der Waals surface area contributed by atoms with Gasteiger partial charge in [-0.15, -0.1) is 0 Å². The van der Waals surface area contributed by atoms with Gasteiger partial charge in [-0.25, -0.2) is 0 Å². The molecule has 0 spiro atoms. The summed E-state index contributed by atoms with van der Waals surface area (Å²) in [7, 11) is 0. The zero-order valence-electron chi connectivity index (χ0n) is 10.1. The fourth-order valence-electron chi connectivity index (χ4n) is 2.62. The van der Waals surface area contributed by atoms with Gasteiger partial charge in [0.2, 0.25) is 5.91 Å². The van der Waals surface area contributed by atoms with Gasteiger partial charge in [0.15, 0.2) is 0 Å². The molecule has 2 aliphatic rings. The quantitative estimate of drug-likeness (QED) is 0.813. The molecular weight excluding hydrogens is 220 g/mol. The average molecular weight is 242 g/mol. The van der Waals surface area contributed by atoms with Crippen molar-refractivity contribution in [3.8, 4) is 0 Å². The van der Waals surface area contributed by atoms with E-state index >= 15 is 0 Å². The Bertz CT molecular complexity index is 235. The minimum atomic E-state index is 0.0966. The number of nitrogens with zero attached hydrogens (tertiary/aromatic N) is 1. The summed E-state index contributed by atoms with van der Waals surface area (Å²) in [5.74, 6) is 2.69. The normalized spacial score (nSPS) is 30.3. The van der Waals surface area contributed by atoms with Crippen molar-refractivity contribution in [2.75, 3.05) is 24.6 Å². The van der Waals surface area contributed by atoms with Crippen LogP contribution >= 0.6 is 11.8 Å². The van der Waals surface area contributed by atoms with Gasteiger partial charge in [0, 0.05) is 18.3 Å². The summed E-state index contributed by atoms with van der Waals surface area (Å²) in [6, 6.07) is 0.588. The van der Waals surface area contributed by atoms with Crippen molar-refractivity contribution >= 4 is 17.7 Å². The standard InChI is InChI=1S/C12H22N2OS/c1-2-14(10-6-8-16-9-10)12(15)11-5-3-4-7-13-11/h10-11,13H,2-9H2,1H3/t10-,11-/m0/s1. The van der Waals surface area contributed by atoms with Crippen LogP contribution in [0.5, 0.6) is 0 Å². The minimum Gasteiger partial charge on any atom is -0.338 e. The van der Waals surface area contributed by atoms with Crippen LogP contribution in [0.25, 0.3) is 0 Å². The van der Waals surface area contributed by atoms with Crippen molar-refractivity contribution in [2.24, 2.45) is 0 Å². The Morgan fingerprint density at radius 3 is 2.88 bits per heavy atom. The van der Waals surface area contributed by atoms with E-state index in [2.05, 4.69) is 17.1 Å². The molecule has 2 rings (SSSR count). The Morgan fingerprint density at radius 1 is 1.44 bits per heavy atom. The molecule has 92 valence electrons. The predicted octanol–water partition coefficient (Wildman–Crippen LogP) is 1.48. The average Bonchev–Trinajstić information content (AvgIpc) is 2.85. The van der Waals surface area contributed by atoms with Crippen molar-refractivity contribution in [1.29, 1.82) is 0 Å². The predicted molar refractivity (Wildman–Crippen MR) is 68.8 cm³/mol. The van der Waals surface area contributed by atoms with Crippen molar-refractivity contribution in [3.05, 3.63) is 0 Å². The van der Waals surface area contributed by atoms with Gasteiger partial charge in [0.25, 0.3) is 0 Å². The zero-order valence-corrected chi connectivity index (χ0v) is 10.9. The van der Waals surface area contributed by atoms with Gasteiger partial charge in [-0.2, -0.15) is 11.8 Å². The lowest BCUT2D eigenvalue weighted by Gasteiger charge is -2.33. The third-order valence-electron chi connectivity index (χ3n) is 3.58. The lowest BCUT2D eigenvalue weighted by molar-refractivity contribution is -0.135. The summed E-state index contributed by atoms with van der Waals surface area (Å²) in [6.45, 7) is 3.97. The van der Waals surface area contributed by atoms with Crippen LogP contribution in [0.4, 0.5) is 0 Å². The van der Waals surface area contributed by atoms with E-state index in [0.717, 1.165) is 25.3 Å². The topological polar surface area (TPSA) is 32.3 Å². The van der Waals surface area contributed by atoms with Crippen molar-refractivity contribution in [1.82, 2.24) is 10.2 Å². The third kappa shape index (κ3) is 2.72. The maximum Gasteiger partial charge on any atom is 0.239 e. The molecule has 3 nitrogen and oxygen atoms in total. The molecule has 16 heavy (non-hydrogen) atoms. The fraction of sp³-hybridized carbons (Fsp3) is 0.917. The summed E-state index contributed by atoms with van der Waals surface area (Å²) in [5, 5.41) is 3.36. The van der Waals surface area contributed by atoms with Crippen LogP contribution in [0.2, 0.25) is 0 Å². The molecule has 0 aliphatic carbocycles. The van der Waals surface area contributed by atoms with Crippen LogP contribution in [0, 0.1) is 0 Å². The number of piperidine rings is 1. The van der Waals surface area contributed by atoms with Crippen LogP contribution in [0.15, 0.2) is 0 Å². The molecule has 2 heterocycles. The number of nitrogens with one attached hydrogen (secondary N) is 1. The van der Waals surface area contributed by atoms with Gasteiger partial charge in [-0.05, 0) is 38.5 Å². The second-order valence-corrected chi connectivity index (χ2v) is 5.79. The van der Waals surface area contributed by atoms with Gasteiger partial charge in [-0.1, -0.05) is 6.42 Å². The van der Waals surface area contributed by atoms with E-state index in [-0.39, 0.29) is 6.04 Å². The Labute approximate surface area is 102 Å². The number of carbonyl (C=O) groups excluding carboxylic acids is 1. The monoisotopic (exact) mass is 242 g/mol. The summed E-state index contributed by atoms with van der Waals surface area (Å²) < 4.78 is 0. The summed E-state index contributed by atoms with van der Waals surface area (Å²) in [6.07, 6.45) is 4.61. The first-order valence-corrected chi connectivity index (χ1v) is 7.60. The lowest BCUT2D eigenvalue weighted by atomic mass is 10.0. The molecule has 0 aromatic carbocycles. The number of likely N-dealkylation sites (N-methyl/N-ethyl adjacent to an activating group) is 1. The van der Waals surface area contributed by atoms with Crippen LogP contribution in [0.3, 0.4) is 0 Å². The summed E-state index contributed by atoms with van der Waals surface area (Å²) >= 11 is 1.98. The molecule has 2 saturated heterocycles. The van der Waals surface area contributed by atoms with Crippen LogP contribution < -0.4 is 5.32 Å². The van der Waals surface area contributed by atoms with E-state index in [9.17, 15) is 4.79 Å². The van der Waals surface area contributed by atoms with Crippen LogP contribution in [0.1, 0.15) is 32.6 Å². The Balaban J connectivity index is 1.93. The highest BCUT2D eigenvalue weighted by molar-refractivity contribution is 7.99. The molecule has 0 radical (unpaired) electrons. The first-order valence-electron chi connectivity index (χ1n) is 6.44. The van der Waals surface area contributed by atoms with E-state index in [1.54, 1.807) is 0 Å². The number of rotatable bonds is 3. The van der Waals surface area contributed by atoms with E-state index in [1.165, 1.54) is 25.0 Å². The van der Waals surface area contributed by atoms with Crippen molar-refractivity contribution in [3.63, 3.8) is 0 Å². The lowest BCUT2D eigenvalue weighted by Crippen LogP contribution is -2.51. The van der Waals surface area contributed by atoms with Gasteiger partial charge >= 0.3 is 0 Å². The van der Waals surface area contributed by atoms with E-state index in [1.807, 2.05) is 11.8 Å². The second kappa shape index (κ2) is 5.92. The number of hydrogen-bond acceptors (Lipinski definition) is 3. The smallest absolute Gasteiger partial charge is 0.239 e. The number of thioether (sulfide) groups is 1. The van der Waals surface area contributed by atoms with Crippen molar-refractivity contribution in [2.45, 2.75) is 44.7 Å². The Hall–Kier alpha value is -0.220. The number of carbonyl (C=O) groups is 1. The first kappa shape index (κ1) is 12.2. The molecule has 1 amide bonds. The zero-order chi connectivity index (χ0) is 11.4. The van der Waals surface area contributed by atoms with E-state index in [0.29, 0.717) is 11.9 Å². The molecule has 2 fully saturated rings. The SMILES string of the molecule is CCN(C(=O)[C@@H]1CCCCN1)[C@H]1CCSC1. The summed E-state index contributed by atoms with van der Waals surface area (Å²) in [5.41, 5.74) is 0. The molecule has 2 atom stereocenters. The van der Waals surface area contributed by atoms with Gasteiger partial charge in [0.05, 0.1) is 6.04 Å². The molecule has 0 aromatic rings. The third-order valence-corrected chi connectivity index (χ3v) is 4.72.